The van der Waals surface area contributed by atoms with E-state index in [0.717, 1.165) is 17.1 Å². The van der Waals surface area contributed by atoms with Gasteiger partial charge in [0.2, 0.25) is 0 Å². The van der Waals surface area contributed by atoms with Crippen molar-refractivity contribution in [3.63, 3.8) is 0 Å². The molecule has 0 saturated carbocycles. The Kier molecular flexibility index (Phi) is 5.17. The summed E-state index contributed by atoms with van der Waals surface area (Å²) in [5, 5.41) is 15.2. The second-order valence-electron chi connectivity index (χ2n) is 7.02. The molecule has 8 nitrogen and oxygen atoms in total. The van der Waals surface area contributed by atoms with Crippen LogP contribution in [0.4, 0.5) is 0 Å². The van der Waals surface area contributed by atoms with Gasteiger partial charge in [0, 0.05) is 19.0 Å². The number of furan rings is 2. The van der Waals surface area contributed by atoms with E-state index in [1.165, 1.54) is 16.8 Å². The van der Waals surface area contributed by atoms with Crippen molar-refractivity contribution in [2.75, 3.05) is 5.75 Å². The molecule has 0 spiro atoms. The van der Waals surface area contributed by atoms with Crippen LogP contribution in [0.2, 0.25) is 0 Å². The molecule has 1 aromatic carbocycles. The third-order valence-corrected chi connectivity index (χ3v) is 6.04. The van der Waals surface area contributed by atoms with E-state index in [1.807, 2.05) is 60.1 Å². The summed E-state index contributed by atoms with van der Waals surface area (Å²) in [5.41, 5.74) is 1.69. The number of aromatic nitrogens is 3. The fourth-order valence-electron chi connectivity index (χ4n) is 3.51. The standard InChI is InChI=1S/C22H19N5O3S/c1-26-21(15-7-3-2-4-8-15)23-24-22(26)31-14-20(28)27-17(19-10-6-12-30-19)13-16(25-27)18-9-5-11-29-18/h2-12,17H,13-14H2,1H3. The maximum atomic E-state index is 13.1. The van der Waals surface area contributed by atoms with Crippen LogP contribution in [0.3, 0.4) is 0 Å². The highest BCUT2D eigenvalue weighted by atomic mass is 32.2. The summed E-state index contributed by atoms with van der Waals surface area (Å²) in [4.78, 5) is 13.1. The molecule has 1 atom stereocenters. The number of amides is 1. The quantitative estimate of drug-likeness (QED) is 0.425. The molecule has 0 bridgehead atoms. The normalized spacial score (nSPS) is 16.0. The van der Waals surface area contributed by atoms with Crippen LogP contribution in [0.15, 0.2) is 86.2 Å². The van der Waals surface area contributed by atoms with Crippen LogP contribution in [0, 0.1) is 0 Å². The van der Waals surface area contributed by atoms with E-state index < -0.39 is 0 Å². The maximum absolute atomic E-state index is 13.1. The first kappa shape index (κ1) is 19.4. The third kappa shape index (κ3) is 3.79. The molecule has 5 rings (SSSR count). The zero-order valence-corrected chi connectivity index (χ0v) is 17.5. The van der Waals surface area contributed by atoms with Crippen molar-refractivity contribution < 1.29 is 13.6 Å². The Balaban J connectivity index is 1.34. The van der Waals surface area contributed by atoms with Gasteiger partial charge in [-0.25, -0.2) is 5.01 Å². The Morgan fingerprint density at radius 3 is 2.61 bits per heavy atom. The molecule has 0 aliphatic carbocycles. The zero-order chi connectivity index (χ0) is 21.2. The largest absolute Gasteiger partial charge is 0.467 e. The highest BCUT2D eigenvalue weighted by Gasteiger charge is 2.35. The average Bonchev–Trinajstić information content (AvgIpc) is 3.59. The average molecular weight is 433 g/mol. The molecule has 4 aromatic rings. The number of thioether (sulfide) groups is 1. The Labute approximate surface area is 182 Å². The first-order valence-electron chi connectivity index (χ1n) is 9.75. The summed E-state index contributed by atoms with van der Waals surface area (Å²) in [7, 11) is 1.89. The van der Waals surface area contributed by atoms with E-state index in [1.54, 1.807) is 18.6 Å². The van der Waals surface area contributed by atoms with Crippen molar-refractivity contribution in [2.24, 2.45) is 12.1 Å². The zero-order valence-electron chi connectivity index (χ0n) is 16.7. The van der Waals surface area contributed by atoms with Crippen LogP contribution < -0.4 is 0 Å². The van der Waals surface area contributed by atoms with Crippen molar-refractivity contribution in [2.45, 2.75) is 17.6 Å². The van der Waals surface area contributed by atoms with Crippen LogP contribution in [0.5, 0.6) is 0 Å². The van der Waals surface area contributed by atoms with Crippen molar-refractivity contribution in [1.82, 2.24) is 19.8 Å². The molecule has 0 radical (unpaired) electrons. The molecule has 0 N–H and O–H groups in total. The van der Waals surface area contributed by atoms with Crippen LogP contribution in [0.25, 0.3) is 11.4 Å². The molecule has 0 saturated heterocycles. The van der Waals surface area contributed by atoms with Gasteiger partial charge in [0.15, 0.2) is 11.0 Å². The van der Waals surface area contributed by atoms with Crippen LogP contribution in [-0.2, 0) is 11.8 Å². The fraction of sp³-hybridized carbons (Fsp3) is 0.182. The number of rotatable bonds is 6. The summed E-state index contributed by atoms with van der Waals surface area (Å²) in [6, 6.07) is 16.8. The van der Waals surface area contributed by atoms with Gasteiger partial charge in [0.25, 0.3) is 5.91 Å². The molecule has 4 heterocycles. The lowest BCUT2D eigenvalue weighted by Crippen LogP contribution is -2.28. The Morgan fingerprint density at radius 1 is 1.06 bits per heavy atom. The van der Waals surface area contributed by atoms with Crippen LogP contribution in [0.1, 0.15) is 24.0 Å². The molecule has 31 heavy (non-hydrogen) atoms. The van der Waals surface area contributed by atoms with Crippen molar-refractivity contribution in [3.8, 4) is 11.4 Å². The molecular formula is C22H19N5O3S. The van der Waals surface area contributed by atoms with Gasteiger partial charge in [-0.3, -0.25) is 4.79 Å². The van der Waals surface area contributed by atoms with Gasteiger partial charge in [-0.2, -0.15) is 5.10 Å². The van der Waals surface area contributed by atoms with Crippen LogP contribution >= 0.6 is 11.8 Å². The number of hydrazone groups is 1. The van der Waals surface area contributed by atoms with Gasteiger partial charge in [-0.15, -0.1) is 10.2 Å². The van der Waals surface area contributed by atoms with E-state index in [-0.39, 0.29) is 17.7 Å². The van der Waals surface area contributed by atoms with Gasteiger partial charge >= 0.3 is 0 Å². The van der Waals surface area contributed by atoms with Gasteiger partial charge in [0.05, 0.1) is 18.3 Å². The number of hydrogen-bond acceptors (Lipinski definition) is 7. The van der Waals surface area contributed by atoms with Gasteiger partial charge in [-0.05, 0) is 24.3 Å². The molecule has 9 heteroatoms. The molecule has 1 aliphatic heterocycles. The SMILES string of the molecule is Cn1c(SCC(=O)N2N=C(c3ccco3)CC2c2ccco2)nnc1-c1ccccc1. The van der Waals surface area contributed by atoms with Crippen molar-refractivity contribution >= 4 is 23.4 Å². The summed E-state index contributed by atoms with van der Waals surface area (Å²) >= 11 is 1.33. The number of carbonyl (C=O) groups excluding carboxylic acids is 1. The van der Waals surface area contributed by atoms with Crippen LogP contribution in [-0.4, -0.2) is 37.1 Å². The summed E-state index contributed by atoms with van der Waals surface area (Å²) in [6.45, 7) is 0. The Morgan fingerprint density at radius 2 is 1.87 bits per heavy atom. The maximum Gasteiger partial charge on any atom is 0.253 e. The number of hydrogen-bond donors (Lipinski definition) is 0. The Bertz CT molecular complexity index is 1200. The van der Waals surface area contributed by atoms with E-state index >= 15 is 0 Å². The van der Waals surface area contributed by atoms with Gasteiger partial charge in [-0.1, -0.05) is 42.1 Å². The minimum absolute atomic E-state index is 0.141. The smallest absolute Gasteiger partial charge is 0.253 e. The molecule has 3 aromatic heterocycles. The highest BCUT2D eigenvalue weighted by Crippen LogP contribution is 2.34. The van der Waals surface area contributed by atoms with E-state index in [2.05, 4.69) is 15.3 Å². The van der Waals surface area contributed by atoms with E-state index in [4.69, 9.17) is 8.83 Å². The molecule has 1 aliphatic rings. The van der Waals surface area contributed by atoms with Gasteiger partial charge < -0.3 is 13.4 Å². The highest BCUT2D eigenvalue weighted by molar-refractivity contribution is 7.99. The lowest BCUT2D eigenvalue weighted by Gasteiger charge is -2.19. The molecule has 0 fully saturated rings. The molecule has 1 unspecified atom stereocenters. The molecular weight excluding hydrogens is 414 g/mol. The summed E-state index contributed by atoms with van der Waals surface area (Å²) in [5.74, 6) is 2.13. The Hall–Kier alpha value is -3.59. The second kappa shape index (κ2) is 8.27. The van der Waals surface area contributed by atoms with Crippen molar-refractivity contribution in [3.05, 3.63) is 78.6 Å². The predicted octanol–water partition coefficient (Wildman–Crippen LogP) is 4.14. The minimum atomic E-state index is -0.303. The van der Waals surface area contributed by atoms with Crippen molar-refractivity contribution in [1.29, 1.82) is 0 Å². The molecule has 1 amide bonds. The topological polar surface area (TPSA) is 89.7 Å². The fourth-order valence-corrected chi connectivity index (χ4v) is 4.27. The first-order chi connectivity index (χ1) is 15.2. The summed E-state index contributed by atoms with van der Waals surface area (Å²) in [6.07, 6.45) is 3.72. The van der Waals surface area contributed by atoms with E-state index in [9.17, 15) is 4.79 Å². The lowest BCUT2D eigenvalue weighted by molar-refractivity contribution is -0.130. The third-order valence-electron chi connectivity index (χ3n) is 5.03. The first-order valence-corrected chi connectivity index (χ1v) is 10.7. The summed E-state index contributed by atoms with van der Waals surface area (Å²) < 4.78 is 12.9. The van der Waals surface area contributed by atoms with Gasteiger partial charge in [0.1, 0.15) is 23.3 Å². The number of nitrogens with zero attached hydrogens (tertiary/aromatic N) is 5. The van der Waals surface area contributed by atoms with E-state index in [0.29, 0.717) is 23.1 Å². The monoisotopic (exact) mass is 433 g/mol. The predicted molar refractivity (Wildman–Crippen MR) is 115 cm³/mol. The lowest BCUT2D eigenvalue weighted by atomic mass is 10.1. The molecule has 156 valence electrons. The minimum Gasteiger partial charge on any atom is -0.467 e. The second-order valence-corrected chi connectivity index (χ2v) is 7.96. The number of benzene rings is 1. The number of carbonyl (C=O) groups is 1.